The lowest BCUT2D eigenvalue weighted by Gasteiger charge is -2.13. The Kier molecular flexibility index (Phi) is 6.82. The number of carbonyl (C=O) groups is 1. The molecule has 124 valence electrons. The Morgan fingerprint density at radius 3 is 2.62 bits per heavy atom. The van der Waals surface area contributed by atoms with Gasteiger partial charge in [-0.3, -0.25) is 4.79 Å². The van der Waals surface area contributed by atoms with Gasteiger partial charge in [0.05, 0.1) is 11.1 Å². The monoisotopic (exact) mass is 386 g/mol. The number of allylic oxidation sites excluding steroid dienone is 1. The lowest BCUT2D eigenvalue weighted by atomic mass is 10.1. The summed E-state index contributed by atoms with van der Waals surface area (Å²) in [7, 11) is 0. The molecule has 0 bridgehead atoms. The van der Waals surface area contributed by atoms with Crippen LogP contribution in [0.2, 0.25) is 0 Å². The van der Waals surface area contributed by atoms with E-state index in [0.29, 0.717) is 30.3 Å². The maximum absolute atomic E-state index is 12.2. The van der Waals surface area contributed by atoms with E-state index in [-0.39, 0.29) is 5.78 Å². The summed E-state index contributed by atoms with van der Waals surface area (Å²) in [5.41, 5.74) is 1.50. The van der Waals surface area contributed by atoms with Crippen LogP contribution < -0.4 is 9.47 Å². The van der Waals surface area contributed by atoms with Crippen molar-refractivity contribution in [1.82, 2.24) is 0 Å². The fourth-order valence-electron chi connectivity index (χ4n) is 2.10. The SMILES string of the molecule is C=CCOc1c(Br)cc(/C=C/C(=O)c2ccccc2)cc1OCC. The third-order valence-corrected chi connectivity index (χ3v) is 3.75. The van der Waals surface area contributed by atoms with Crippen LogP contribution in [0.5, 0.6) is 11.5 Å². The van der Waals surface area contributed by atoms with Crippen molar-refractivity contribution in [2.24, 2.45) is 0 Å². The van der Waals surface area contributed by atoms with E-state index in [2.05, 4.69) is 22.5 Å². The van der Waals surface area contributed by atoms with Gasteiger partial charge in [-0.2, -0.15) is 0 Å². The van der Waals surface area contributed by atoms with Crippen LogP contribution in [0, 0.1) is 0 Å². The standard InChI is InChI=1S/C20H19BrO3/c1-3-12-24-20-17(21)13-15(14-19(20)23-4-2)10-11-18(22)16-8-6-5-7-9-16/h3,5-11,13-14H,1,4,12H2,2H3/b11-10+. The minimum atomic E-state index is -0.0448. The average Bonchev–Trinajstić information content (AvgIpc) is 2.60. The number of hydrogen-bond donors (Lipinski definition) is 0. The fraction of sp³-hybridized carbons (Fsp3) is 0.150. The van der Waals surface area contributed by atoms with Crippen LogP contribution in [0.4, 0.5) is 0 Å². The molecule has 0 aliphatic carbocycles. The summed E-state index contributed by atoms with van der Waals surface area (Å²) in [6, 6.07) is 12.9. The van der Waals surface area contributed by atoms with Crippen LogP contribution in [-0.2, 0) is 0 Å². The van der Waals surface area contributed by atoms with Crippen LogP contribution >= 0.6 is 15.9 Å². The van der Waals surface area contributed by atoms with E-state index in [1.165, 1.54) is 0 Å². The summed E-state index contributed by atoms with van der Waals surface area (Å²) < 4.78 is 12.0. The van der Waals surface area contributed by atoms with E-state index < -0.39 is 0 Å². The summed E-state index contributed by atoms with van der Waals surface area (Å²) in [6.45, 7) is 6.47. The number of rotatable bonds is 8. The van der Waals surface area contributed by atoms with Crippen molar-refractivity contribution in [3.63, 3.8) is 0 Å². The molecule has 0 atom stereocenters. The van der Waals surface area contributed by atoms with Crippen molar-refractivity contribution in [1.29, 1.82) is 0 Å². The summed E-state index contributed by atoms with van der Waals surface area (Å²) in [4.78, 5) is 12.2. The topological polar surface area (TPSA) is 35.5 Å². The van der Waals surface area contributed by atoms with Crippen LogP contribution in [0.3, 0.4) is 0 Å². The molecule has 0 amide bonds. The van der Waals surface area contributed by atoms with Gasteiger partial charge in [-0.1, -0.05) is 49.1 Å². The first-order valence-electron chi connectivity index (χ1n) is 7.63. The first-order chi connectivity index (χ1) is 11.7. The zero-order valence-corrected chi connectivity index (χ0v) is 15.1. The number of carbonyl (C=O) groups excluding carboxylic acids is 1. The first-order valence-corrected chi connectivity index (χ1v) is 8.42. The summed E-state index contributed by atoms with van der Waals surface area (Å²) >= 11 is 3.49. The molecule has 0 saturated carbocycles. The second kappa shape index (κ2) is 9.08. The molecule has 24 heavy (non-hydrogen) atoms. The average molecular weight is 387 g/mol. The Morgan fingerprint density at radius 1 is 1.21 bits per heavy atom. The van der Waals surface area contributed by atoms with Crippen molar-refractivity contribution in [2.75, 3.05) is 13.2 Å². The third-order valence-electron chi connectivity index (χ3n) is 3.16. The van der Waals surface area contributed by atoms with E-state index in [1.54, 1.807) is 30.4 Å². The van der Waals surface area contributed by atoms with Gasteiger partial charge in [-0.15, -0.1) is 0 Å². The number of ether oxygens (including phenoxy) is 2. The molecule has 2 aromatic carbocycles. The van der Waals surface area contributed by atoms with Gasteiger partial charge in [0.1, 0.15) is 6.61 Å². The van der Waals surface area contributed by atoms with Gasteiger partial charge >= 0.3 is 0 Å². The van der Waals surface area contributed by atoms with E-state index in [9.17, 15) is 4.79 Å². The molecule has 4 heteroatoms. The molecule has 0 spiro atoms. The van der Waals surface area contributed by atoms with Crippen molar-refractivity contribution < 1.29 is 14.3 Å². The molecule has 0 N–H and O–H groups in total. The van der Waals surface area contributed by atoms with Crippen molar-refractivity contribution in [3.05, 3.63) is 76.8 Å². The molecule has 0 saturated heterocycles. The smallest absolute Gasteiger partial charge is 0.185 e. The van der Waals surface area contributed by atoms with Gasteiger partial charge in [-0.05, 0) is 46.6 Å². The maximum Gasteiger partial charge on any atom is 0.185 e. The van der Waals surface area contributed by atoms with Crippen LogP contribution in [0.15, 0.2) is 65.7 Å². The number of ketones is 1. The quantitative estimate of drug-likeness (QED) is 0.350. The minimum Gasteiger partial charge on any atom is -0.490 e. The second-order valence-electron chi connectivity index (χ2n) is 4.93. The Labute approximate surface area is 150 Å². The van der Waals surface area contributed by atoms with E-state index in [1.807, 2.05) is 37.3 Å². The van der Waals surface area contributed by atoms with E-state index in [0.717, 1.165) is 10.0 Å². The molecule has 0 heterocycles. The Morgan fingerprint density at radius 2 is 1.96 bits per heavy atom. The molecular formula is C20H19BrO3. The van der Waals surface area contributed by atoms with E-state index >= 15 is 0 Å². The molecule has 0 aliphatic heterocycles. The van der Waals surface area contributed by atoms with Gasteiger partial charge in [-0.25, -0.2) is 0 Å². The van der Waals surface area contributed by atoms with Gasteiger partial charge < -0.3 is 9.47 Å². The number of hydrogen-bond acceptors (Lipinski definition) is 3. The van der Waals surface area contributed by atoms with E-state index in [4.69, 9.17) is 9.47 Å². The minimum absolute atomic E-state index is 0.0448. The molecule has 2 rings (SSSR count). The molecule has 0 unspecified atom stereocenters. The zero-order valence-electron chi connectivity index (χ0n) is 13.5. The zero-order chi connectivity index (χ0) is 17.4. The van der Waals surface area contributed by atoms with Crippen molar-refractivity contribution in [2.45, 2.75) is 6.92 Å². The highest BCUT2D eigenvalue weighted by atomic mass is 79.9. The van der Waals surface area contributed by atoms with Gasteiger partial charge in [0, 0.05) is 5.56 Å². The molecule has 0 radical (unpaired) electrons. The first kappa shape index (κ1) is 18.0. The summed E-state index contributed by atoms with van der Waals surface area (Å²) in [5.74, 6) is 1.21. The van der Waals surface area contributed by atoms with Gasteiger partial charge in [0.25, 0.3) is 0 Å². The van der Waals surface area contributed by atoms with Crippen LogP contribution in [0.1, 0.15) is 22.8 Å². The highest BCUT2D eigenvalue weighted by Gasteiger charge is 2.11. The van der Waals surface area contributed by atoms with Crippen LogP contribution in [0.25, 0.3) is 6.08 Å². The Hall–Kier alpha value is -2.33. The predicted octanol–water partition coefficient (Wildman–Crippen LogP) is 5.31. The third kappa shape index (κ3) is 4.83. The molecule has 2 aromatic rings. The number of halogens is 1. The number of benzene rings is 2. The van der Waals surface area contributed by atoms with Crippen molar-refractivity contribution in [3.8, 4) is 11.5 Å². The molecule has 0 fully saturated rings. The highest BCUT2D eigenvalue weighted by Crippen LogP contribution is 2.37. The summed E-state index contributed by atoms with van der Waals surface area (Å²) in [6.07, 6.45) is 4.99. The van der Waals surface area contributed by atoms with Crippen LogP contribution in [-0.4, -0.2) is 19.0 Å². The molecule has 3 nitrogen and oxygen atoms in total. The van der Waals surface area contributed by atoms with Crippen molar-refractivity contribution >= 4 is 27.8 Å². The molecule has 0 aromatic heterocycles. The maximum atomic E-state index is 12.2. The molecular weight excluding hydrogens is 368 g/mol. The molecule has 0 aliphatic rings. The fourth-order valence-corrected chi connectivity index (χ4v) is 2.67. The van der Waals surface area contributed by atoms with Gasteiger partial charge in [0.15, 0.2) is 17.3 Å². The Balaban J connectivity index is 2.25. The highest BCUT2D eigenvalue weighted by molar-refractivity contribution is 9.10. The second-order valence-corrected chi connectivity index (χ2v) is 5.78. The predicted molar refractivity (Wildman–Crippen MR) is 101 cm³/mol. The Bertz CT molecular complexity index is 736. The van der Waals surface area contributed by atoms with Gasteiger partial charge in [0.2, 0.25) is 0 Å². The summed E-state index contributed by atoms with van der Waals surface area (Å²) in [5, 5.41) is 0. The largest absolute Gasteiger partial charge is 0.490 e. The normalized spacial score (nSPS) is 10.6. The lowest BCUT2D eigenvalue weighted by molar-refractivity contribution is 0.104. The lowest BCUT2D eigenvalue weighted by Crippen LogP contribution is -2.00.